The molecule has 1 saturated carbocycles. The molecule has 1 amide bonds. The zero-order valence-electron chi connectivity index (χ0n) is 18.7. The van der Waals surface area contributed by atoms with Gasteiger partial charge in [-0.1, -0.05) is 0 Å². The number of carbonyl (C=O) groups excluding carboxylic acids is 1. The molecule has 7 nitrogen and oxygen atoms in total. The van der Waals surface area contributed by atoms with E-state index in [1.807, 2.05) is 0 Å². The van der Waals surface area contributed by atoms with Gasteiger partial charge < -0.3 is 20.1 Å². The second-order valence-corrected chi connectivity index (χ2v) is 9.55. The second kappa shape index (κ2) is 9.86. The Hall–Kier alpha value is -3.37. The second-order valence-electron chi connectivity index (χ2n) is 8.08. The fourth-order valence-corrected chi connectivity index (χ4v) is 3.96. The summed E-state index contributed by atoms with van der Waals surface area (Å²) >= 11 is -1.30. The predicted octanol–water partition coefficient (Wildman–Crippen LogP) is 4.27. The van der Waals surface area contributed by atoms with E-state index in [-0.39, 0.29) is 22.9 Å². The van der Waals surface area contributed by atoms with Gasteiger partial charge in [-0.05, 0) is 50.1 Å². The van der Waals surface area contributed by atoms with Crippen LogP contribution >= 0.6 is 0 Å². The van der Waals surface area contributed by atoms with E-state index in [1.54, 1.807) is 44.6 Å². The number of amides is 1. The largest absolute Gasteiger partial charge is 0.593 e. The lowest BCUT2D eigenvalue weighted by Gasteiger charge is -2.26. The van der Waals surface area contributed by atoms with E-state index in [1.165, 1.54) is 11.0 Å². The standard InChI is InChI=1S/C24H25F2N5O2S/c1-3-34(33)30-16-7-9-21(29-22-8-4-14(25)10-20(22)26)17(11-16)19-13-31(2)24(32)18(23(19)27)12-28-15-5-6-15/h4,7-13,15,27-30H,3,5-6H2,1-2H3/b18-12+,27-23?. The van der Waals surface area contributed by atoms with Crippen molar-refractivity contribution >= 4 is 45.6 Å². The molecule has 0 spiro atoms. The number of halogens is 2. The third-order valence-corrected chi connectivity index (χ3v) is 6.44. The maximum absolute atomic E-state index is 14.4. The summed E-state index contributed by atoms with van der Waals surface area (Å²) in [4.78, 5) is 14.1. The molecular weight excluding hydrogens is 460 g/mol. The summed E-state index contributed by atoms with van der Waals surface area (Å²) in [6, 6.07) is 8.53. The number of likely N-dealkylation sites (N-methyl/N-ethyl adjacent to an activating group) is 1. The summed E-state index contributed by atoms with van der Waals surface area (Å²) in [7, 11) is 1.60. The first kappa shape index (κ1) is 23.8. The van der Waals surface area contributed by atoms with Gasteiger partial charge in [0.05, 0.1) is 34.0 Å². The third kappa shape index (κ3) is 5.23. The van der Waals surface area contributed by atoms with Crippen LogP contribution in [-0.2, 0) is 16.2 Å². The number of carbonyl (C=O) groups is 1. The summed E-state index contributed by atoms with van der Waals surface area (Å²) in [5.74, 6) is -1.39. The highest BCUT2D eigenvalue weighted by atomic mass is 32.2. The Morgan fingerprint density at radius 3 is 2.62 bits per heavy atom. The van der Waals surface area contributed by atoms with E-state index in [0.29, 0.717) is 34.3 Å². The van der Waals surface area contributed by atoms with Gasteiger partial charge in [-0.2, -0.15) is 0 Å². The van der Waals surface area contributed by atoms with Gasteiger partial charge in [0, 0.05) is 48.4 Å². The van der Waals surface area contributed by atoms with Gasteiger partial charge in [-0.25, -0.2) is 13.5 Å². The van der Waals surface area contributed by atoms with Gasteiger partial charge in [0.1, 0.15) is 17.4 Å². The predicted molar refractivity (Wildman–Crippen MR) is 131 cm³/mol. The van der Waals surface area contributed by atoms with Crippen molar-refractivity contribution in [2.24, 2.45) is 0 Å². The quantitative estimate of drug-likeness (QED) is 0.330. The van der Waals surface area contributed by atoms with Crippen molar-refractivity contribution in [2.45, 2.75) is 25.8 Å². The molecule has 0 bridgehead atoms. The van der Waals surface area contributed by atoms with E-state index in [2.05, 4.69) is 15.4 Å². The van der Waals surface area contributed by atoms with E-state index in [9.17, 15) is 18.1 Å². The molecule has 1 atom stereocenters. The zero-order chi connectivity index (χ0) is 24.4. The molecular formula is C24H25F2N5O2S. The van der Waals surface area contributed by atoms with Crippen LogP contribution in [0.2, 0.25) is 0 Å². The average Bonchev–Trinajstić information content (AvgIpc) is 3.63. The lowest BCUT2D eigenvalue weighted by molar-refractivity contribution is -0.123. The van der Waals surface area contributed by atoms with Gasteiger partial charge in [0.15, 0.2) is 0 Å². The molecule has 34 heavy (non-hydrogen) atoms. The number of nitrogens with zero attached hydrogens (tertiary/aromatic N) is 1. The monoisotopic (exact) mass is 485 g/mol. The summed E-state index contributed by atoms with van der Waals surface area (Å²) in [5.41, 5.74) is 2.15. The maximum atomic E-state index is 14.4. The Labute approximate surface area is 199 Å². The Balaban J connectivity index is 1.77. The summed E-state index contributed by atoms with van der Waals surface area (Å²) in [6.07, 6.45) is 5.15. The van der Waals surface area contributed by atoms with E-state index in [0.717, 1.165) is 25.0 Å². The molecule has 4 N–H and O–H groups in total. The van der Waals surface area contributed by atoms with Crippen LogP contribution in [0.1, 0.15) is 25.3 Å². The fourth-order valence-electron chi connectivity index (χ4n) is 3.43. The molecule has 2 aromatic rings. The Morgan fingerprint density at radius 2 is 1.94 bits per heavy atom. The maximum Gasteiger partial charge on any atom is 0.261 e. The summed E-state index contributed by atoms with van der Waals surface area (Å²) < 4.78 is 42.7. The van der Waals surface area contributed by atoms with Crippen molar-refractivity contribution in [2.75, 3.05) is 22.8 Å². The van der Waals surface area contributed by atoms with Crippen LogP contribution in [0.25, 0.3) is 5.57 Å². The van der Waals surface area contributed by atoms with Crippen LogP contribution in [0.5, 0.6) is 0 Å². The van der Waals surface area contributed by atoms with E-state index in [4.69, 9.17) is 5.41 Å². The SMILES string of the molecule is CC[S+]([O-])Nc1ccc(Nc2ccc(F)cc2F)c(C2=CN(C)C(=O)/C(=C/NC3CC3)C2=N)c1. The van der Waals surface area contributed by atoms with Crippen molar-refractivity contribution in [3.63, 3.8) is 0 Å². The number of benzene rings is 2. The zero-order valence-corrected chi connectivity index (χ0v) is 19.6. The summed E-state index contributed by atoms with van der Waals surface area (Å²) in [6.45, 7) is 1.78. The topological polar surface area (TPSA) is 103 Å². The molecule has 1 heterocycles. The Morgan fingerprint density at radius 1 is 1.21 bits per heavy atom. The van der Waals surface area contributed by atoms with Crippen LogP contribution in [0.3, 0.4) is 0 Å². The van der Waals surface area contributed by atoms with Crippen LogP contribution in [0.4, 0.5) is 25.8 Å². The minimum Gasteiger partial charge on any atom is -0.593 e. The van der Waals surface area contributed by atoms with Crippen LogP contribution in [0.15, 0.2) is 54.4 Å². The molecule has 0 radical (unpaired) electrons. The Bertz CT molecular complexity index is 1200. The van der Waals surface area contributed by atoms with Crippen LogP contribution in [0, 0.1) is 17.0 Å². The molecule has 178 valence electrons. The molecule has 10 heteroatoms. The van der Waals surface area contributed by atoms with Gasteiger partial charge >= 0.3 is 0 Å². The molecule has 2 aromatic carbocycles. The number of rotatable bonds is 8. The number of hydrogen-bond acceptors (Lipinski definition) is 6. The van der Waals surface area contributed by atoms with Crippen LogP contribution < -0.4 is 15.4 Å². The number of anilines is 3. The van der Waals surface area contributed by atoms with Crippen molar-refractivity contribution in [1.82, 2.24) is 10.2 Å². The van der Waals surface area contributed by atoms with Crippen molar-refractivity contribution in [1.29, 1.82) is 5.41 Å². The minimum atomic E-state index is -1.30. The first-order chi connectivity index (χ1) is 16.3. The molecule has 1 aliphatic heterocycles. The summed E-state index contributed by atoms with van der Waals surface area (Å²) in [5, 5.41) is 14.9. The highest BCUT2D eigenvalue weighted by Gasteiger charge is 2.30. The fraction of sp³-hybridized carbons (Fsp3) is 0.250. The minimum absolute atomic E-state index is 0.00708. The number of allylic oxidation sites excluding steroid dienone is 1. The molecule has 1 fully saturated rings. The smallest absolute Gasteiger partial charge is 0.261 e. The molecule has 0 aromatic heterocycles. The molecule has 0 saturated heterocycles. The van der Waals surface area contributed by atoms with Crippen LogP contribution in [-0.4, -0.2) is 39.9 Å². The molecule has 1 unspecified atom stereocenters. The van der Waals surface area contributed by atoms with Crippen molar-refractivity contribution in [3.05, 3.63) is 71.6 Å². The van der Waals surface area contributed by atoms with E-state index >= 15 is 0 Å². The average molecular weight is 486 g/mol. The Kier molecular flexibility index (Phi) is 6.90. The van der Waals surface area contributed by atoms with Gasteiger partial charge in [-0.15, -0.1) is 0 Å². The molecule has 1 aliphatic carbocycles. The van der Waals surface area contributed by atoms with Gasteiger partial charge in [0.25, 0.3) is 5.91 Å². The van der Waals surface area contributed by atoms with Crippen molar-refractivity contribution in [3.8, 4) is 0 Å². The number of nitrogens with one attached hydrogen (secondary N) is 4. The number of hydrogen-bond donors (Lipinski definition) is 4. The highest BCUT2D eigenvalue weighted by molar-refractivity contribution is 7.92. The highest BCUT2D eigenvalue weighted by Crippen LogP contribution is 2.35. The normalized spacial score (nSPS) is 18.1. The van der Waals surface area contributed by atoms with Crippen molar-refractivity contribution < 1.29 is 18.1 Å². The lowest BCUT2D eigenvalue weighted by Crippen LogP contribution is -2.33. The molecule has 2 aliphatic rings. The first-order valence-corrected chi connectivity index (χ1v) is 12.1. The van der Waals surface area contributed by atoms with Gasteiger partial charge in [0.2, 0.25) is 0 Å². The first-order valence-electron chi connectivity index (χ1n) is 10.8. The molecule has 4 rings (SSSR count). The van der Waals surface area contributed by atoms with E-state index < -0.39 is 23.0 Å². The third-order valence-electron chi connectivity index (χ3n) is 5.46. The lowest BCUT2D eigenvalue weighted by atomic mass is 9.92. The van der Waals surface area contributed by atoms with Gasteiger partial charge in [-0.3, -0.25) is 10.2 Å².